The van der Waals surface area contributed by atoms with E-state index in [1.807, 2.05) is 0 Å². The number of hydrogen-bond donors (Lipinski definition) is 0. The number of likely N-dealkylation sites (tertiary alicyclic amines) is 1. The Morgan fingerprint density at radius 1 is 1.16 bits per heavy atom. The zero-order valence-electron chi connectivity index (χ0n) is 12.2. The Bertz CT molecular complexity index is 340. The van der Waals surface area contributed by atoms with Gasteiger partial charge in [-0.25, -0.2) is 0 Å². The van der Waals surface area contributed by atoms with Gasteiger partial charge in [-0.1, -0.05) is 0 Å². The van der Waals surface area contributed by atoms with E-state index in [9.17, 15) is 4.79 Å². The van der Waals surface area contributed by atoms with Gasteiger partial charge in [-0.3, -0.25) is 4.79 Å². The fourth-order valence-corrected chi connectivity index (χ4v) is 3.92. The molecule has 19 heavy (non-hydrogen) atoms. The summed E-state index contributed by atoms with van der Waals surface area (Å²) in [6.07, 6.45) is 4.81. The SMILES string of the molecule is CC(C)OC1CCN(C(=O)C23CCN(CC2)C3)CC1. The third kappa shape index (κ3) is 2.52. The number of ether oxygens (including phenoxy) is 1. The third-order valence-corrected chi connectivity index (χ3v) is 4.99. The summed E-state index contributed by atoms with van der Waals surface area (Å²) in [5, 5.41) is 0. The van der Waals surface area contributed by atoms with Gasteiger partial charge < -0.3 is 14.5 Å². The van der Waals surface area contributed by atoms with Gasteiger partial charge in [0, 0.05) is 19.6 Å². The van der Waals surface area contributed by atoms with E-state index in [0.29, 0.717) is 18.1 Å². The Hall–Kier alpha value is -0.610. The molecular formula is C15H26N2O2. The van der Waals surface area contributed by atoms with Crippen LogP contribution < -0.4 is 0 Å². The number of carbonyl (C=O) groups excluding carboxylic acids is 1. The second-order valence-corrected chi connectivity index (χ2v) is 6.73. The van der Waals surface area contributed by atoms with Crippen molar-refractivity contribution in [3.05, 3.63) is 0 Å². The second-order valence-electron chi connectivity index (χ2n) is 6.73. The maximum Gasteiger partial charge on any atom is 0.230 e. The smallest absolute Gasteiger partial charge is 0.230 e. The Labute approximate surface area is 116 Å². The van der Waals surface area contributed by atoms with Crippen LogP contribution in [0, 0.1) is 5.41 Å². The summed E-state index contributed by atoms with van der Waals surface area (Å²) in [4.78, 5) is 17.3. The van der Waals surface area contributed by atoms with Crippen LogP contribution in [0.3, 0.4) is 0 Å². The first kappa shape index (κ1) is 13.4. The van der Waals surface area contributed by atoms with Gasteiger partial charge in [-0.05, 0) is 52.6 Å². The number of fused-ring (bicyclic) bond motifs is 2. The molecule has 3 fully saturated rings. The lowest BCUT2D eigenvalue weighted by Gasteiger charge is -2.37. The van der Waals surface area contributed by atoms with Gasteiger partial charge in [0.05, 0.1) is 17.6 Å². The van der Waals surface area contributed by atoms with E-state index in [-0.39, 0.29) is 5.41 Å². The molecule has 0 saturated carbocycles. The van der Waals surface area contributed by atoms with Gasteiger partial charge in [-0.2, -0.15) is 0 Å². The largest absolute Gasteiger partial charge is 0.375 e. The van der Waals surface area contributed by atoms with Crippen LogP contribution in [0.25, 0.3) is 0 Å². The number of piperidine rings is 2. The molecule has 4 nitrogen and oxygen atoms in total. The number of rotatable bonds is 3. The molecule has 3 aliphatic heterocycles. The predicted octanol–water partition coefficient (Wildman–Crippen LogP) is 1.50. The van der Waals surface area contributed by atoms with E-state index in [0.717, 1.165) is 58.4 Å². The van der Waals surface area contributed by atoms with Crippen molar-refractivity contribution < 1.29 is 9.53 Å². The first-order valence-electron chi connectivity index (χ1n) is 7.76. The highest BCUT2D eigenvalue weighted by Gasteiger charge is 2.50. The molecule has 3 saturated heterocycles. The molecule has 0 N–H and O–H groups in total. The van der Waals surface area contributed by atoms with Gasteiger partial charge in [0.1, 0.15) is 0 Å². The van der Waals surface area contributed by atoms with Gasteiger partial charge in [0.25, 0.3) is 0 Å². The lowest BCUT2D eigenvalue weighted by Crippen LogP contribution is -2.48. The first-order chi connectivity index (χ1) is 9.09. The van der Waals surface area contributed by atoms with E-state index in [4.69, 9.17) is 4.74 Å². The Balaban J connectivity index is 1.55. The zero-order chi connectivity index (χ0) is 13.5. The van der Waals surface area contributed by atoms with Crippen LogP contribution in [0.1, 0.15) is 39.5 Å². The highest BCUT2D eigenvalue weighted by molar-refractivity contribution is 5.84. The minimum Gasteiger partial charge on any atom is -0.375 e. The fourth-order valence-electron chi connectivity index (χ4n) is 3.92. The summed E-state index contributed by atoms with van der Waals surface area (Å²) in [7, 11) is 0. The standard InChI is InChI=1S/C15H26N2O2/c1-12(2)19-13-3-7-17(8-4-13)14(18)15-5-9-16(11-15)10-6-15/h12-13H,3-11H2,1-2H3. The molecule has 0 atom stereocenters. The first-order valence-corrected chi connectivity index (χ1v) is 7.76. The Morgan fingerprint density at radius 3 is 2.26 bits per heavy atom. The molecular weight excluding hydrogens is 240 g/mol. The molecule has 1 amide bonds. The summed E-state index contributed by atoms with van der Waals surface area (Å²) < 4.78 is 5.86. The van der Waals surface area contributed by atoms with E-state index in [1.54, 1.807) is 0 Å². The van der Waals surface area contributed by atoms with Crippen LogP contribution in [0.2, 0.25) is 0 Å². The lowest BCUT2D eigenvalue weighted by molar-refractivity contribution is -0.144. The molecule has 0 spiro atoms. The third-order valence-electron chi connectivity index (χ3n) is 4.99. The summed E-state index contributed by atoms with van der Waals surface area (Å²) in [5.74, 6) is 0.426. The highest BCUT2D eigenvalue weighted by Crippen LogP contribution is 2.42. The minimum atomic E-state index is -0.0221. The summed E-state index contributed by atoms with van der Waals surface area (Å²) in [5.41, 5.74) is -0.0221. The van der Waals surface area contributed by atoms with Crippen LogP contribution in [0.15, 0.2) is 0 Å². The van der Waals surface area contributed by atoms with Gasteiger partial charge >= 0.3 is 0 Å². The monoisotopic (exact) mass is 266 g/mol. The highest BCUT2D eigenvalue weighted by atomic mass is 16.5. The molecule has 3 rings (SSSR count). The number of hydrogen-bond acceptors (Lipinski definition) is 3. The van der Waals surface area contributed by atoms with Crippen LogP contribution in [0.4, 0.5) is 0 Å². The Kier molecular flexibility index (Phi) is 3.56. The quantitative estimate of drug-likeness (QED) is 0.776. The van der Waals surface area contributed by atoms with Crippen molar-refractivity contribution >= 4 is 5.91 Å². The van der Waals surface area contributed by atoms with Crippen molar-refractivity contribution in [2.45, 2.75) is 51.7 Å². The zero-order valence-corrected chi connectivity index (χ0v) is 12.2. The molecule has 0 aromatic carbocycles. The molecule has 0 aliphatic carbocycles. The molecule has 108 valence electrons. The molecule has 0 unspecified atom stereocenters. The van der Waals surface area contributed by atoms with Crippen molar-refractivity contribution in [3.63, 3.8) is 0 Å². The number of carbonyl (C=O) groups is 1. The van der Waals surface area contributed by atoms with Crippen LogP contribution in [-0.2, 0) is 9.53 Å². The van der Waals surface area contributed by atoms with Crippen LogP contribution in [0.5, 0.6) is 0 Å². The van der Waals surface area contributed by atoms with E-state index >= 15 is 0 Å². The molecule has 4 heteroatoms. The lowest BCUT2D eigenvalue weighted by atomic mass is 9.82. The average Bonchev–Trinajstić information content (AvgIpc) is 3.00. The van der Waals surface area contributed by atoms with Crippen molar-refractivity contribution in [2.75, 3.05) is 32.7 Å². The number of nitrogens with zero attached hydrogens (tertiary/aromatic N) is 2. The van der Waals surface area contributed by atoms with Gasteiger partial charge in [0.15, 0.2) is 0 Å². The average molecular weight is 266 g/mol. The van der Waals surface area contributed by atoms with Crippen molar-refractivity contribution in [3.8, 4) is 0 Å². The Morgan fingerprint density at radius 2 is 1.79 bits per heavy atom. The molecule has 0 radical (unpaired) electrons. The maximum atomic E-state index is 12.8. The maximum absolute atomic E-state index is 12.8. The number of amides is 1. The van der Waals surface area contributed by atoms with Crippen molar-refractivity contribution in [2.24, 2.45) is 5.41 Å². The predicted molar refractivity (Wildman–Crippen MR) is 73.9 cm³/mol. The molecule has 0 aromatic rings. The van der Waals surface area contributed by atoms with E-state index < -0.39 is 0 Å². The van der Waals surface area contributed by atoms with E-state index in [1.165, 1.54) is 0 Å². The molecule has 3 heterocycles. The normalized spacial score (nSPS) is 35.3. The summed E-state index contributed by atoms with van der Waals surface area (Å²) in [6, 6.07) is 0. The van der Waals surface area contributed by atoms with Crippen molar-refractivity contribution in [1.82, 2.24) is 9.80 Å². The van der Waals surface area contributed by atoms with E-state index in [2.05, 4.69) is 23.6 Å². The minimum absolute atomic E-state index is 0.0221. The topological polar surface area (TPSA) is 32.8 Å². The van der Waals surface area contributed by atoms with Gasteiger partial charge in [-0.15, -0.1) is 0 Å². The summed E-state index contributed by atoms with van der Waals surface area (Å²) >= 11 is 0. The molecule has 2 bridgehead atoms. The fraction of sp³-hybridized carbons (Fsp3) is 0.933. The van der Waals surface area contributed by atoms with Gasteiger partial charge in [0.2, 0.25) is 5.91 Å². The molecule has 0 aromatic heterocycles. The molecule has 3 aliphatic rings. The second kappa shape index (κ2) is 5.06. The van der Waals surface area contributed by atoms with Crippen LogP contribution in [-0.4, -0.2) is 60.6 Å². The van der Waals surface area contributed by atoms with Crippen molar-refractivity contribution in [1.29, 1.82) is 0 Å². The van der Waals surface area contributed by atoms with Crippen LogP contribution >= 0.6 is 0 Å². The summed E-state index contributed by atoms with van der Waals surface area (Å²) in [6.45, 7) is 9.20.